The third-order valence-electron chi connectivity index (χ3n) is 12.5. The van der Waals surface area contributed by atoms with Crippen LogP contribution in [0.25, 0.3) is 0 Å². The second kappa shape index (κ2) is 57.6. The average Bonchev–Trinajstić information content (AvgIpc) is 3.41. The first-order valence-corrected chi connectivity index (χ1v) is 31.6. The Labute approximate surface area is 463 Å². The molecule has 0 fully saturated rings. The number of esters is 3. The van der Waals surface area contributed by atoms with Crippen molar-refractivity contribution in [1.29, 1.82) is 0 Å². The molecule has 0 aliphatic carbocycles. The van der Waals surface area contributed by atoms with Crippen molar-refractivity contribution in [2.45, 2.75) is 264 Å². The Kier molecular flexibility index (Phi) is 54.8. The summed E-state index contributed by atoms with van der Waals surface area (Å²) in [6.07, 6.45) is 67.8. The van der Waals surface area contributed by atoms with Crippen molar-refractivity contribution in [2.75, 3.05) is 26.4 Å². The highest BCUT2D eigenvalue weighted by molar-refractivity contribution is 7.47. The Bertz CT molecular complexity index is 1640. The van der Waals surface area contributed by atoms with Gasteiger partial charge in [-0.05, 0) is 116 Å². The molecule has 3 unspecified atom stereocenters. The van der Waals surface area contributed by atoms with E-state index in [9.17, 15) is 28.9 Å². The maximum atomic E-state index is 12.9. The summed E-state index contributed by atoms with van der Waals surface area (Å²) >= 11 is 0. The normalized spacial score (nSPS) is 14.0. The summed E-state index contributed by atoms with van der Waals surface area (Å²) in [6.45, 7) is 4.37. The number of hydrogen-bond acceptors (Lipinski definition) is 10. The number of hydrogen-bond donors (Lipinski definition) is 2. The van der Waals surface area contributed by atoms with Crippen molar-refractivity contribution in [3.05, 3.63) is 97.2 Å². The van der Waals surface area contributed by atoms with Gasteiger partial charge < -0.3 is 24.2 Å². The molecule has 0 saturated carbocycles. The highest BCUT2D eigenvalue weighted by Gasteiger charge is 2.28. The van der Waals surface area contributed by atoms with Crippen LogP contribution in [0, 0.1) is 0 Å². The molecule has 0 rings (SSSR count). The van der Waals surface area contributed by atoms with Crippen LogP contribution in [0.5, 0.6) is 0 Å². The molecule has 2 N–H and O–H groups in total. The van der Waals surface area contributed by atoms with Crippen LogP contribution in [0.4, 0.5) is 0 Å². The van der Waals surface area contributed by atoms with E-state index in [1.807, 2.05) is 0 Å². The summed E-state index contributed by atoms with van der Waals surface area (Å²) in [5, 5.41) is 9.83. The van der Waals surface area contributed by atoms with Crippen LogP contribution >= 0.6 is 7.82 Å². The van der Waals surface area contributed by atoms with Crippen molar-refractivity contribution < 1.29 is 52.2 Å². The van der Waals surface area contributed by atoms with Gasteiger partial charge >= 0.3 is 25.7 Å². The van der Waals surface area contributed by atoms with Crippen LogP contribution in [0.1, 0.15) is 252 Å². The molecule has 3 atom stereocenters. The summed E-state index contributed by atoms with van der Waals surface area (Å²) in [7, 11) is -4.76. The average molecular weight is 1090 g/mol. The van der Waals surface area contributed by atoms with Gasteiger partial charge in [0.1, 0.15) is 12.7 Å². The third-order valence-corrected chi connectivity index (χ3v) is 13.4. The molecular formula is C64H109O11P. The van der Waals surface area contributed by atoms with Gasteiger partial charge in [0.25, 0.3) is 0 Å². The summed E-state index contributed by atoms with van der Waals surface area (Å²) in [4.78, 5) is 48.6. The topological polar surface area (TPSA) is 155 Å². The predicted molar refractivity (Wildman–Crippen MR) is 316 cm³/mol. The molecule has 0 aromatic heterocycles. The van der Waals surface area contributed by atoms with E-state index in [1.165, 1.54) is 51.4 Å². The molecule has 0 amide bonds. The molecule has 0 aromatic carbocycles. The molecule has 11 nitrogen and oxygen atoms in total. The maximum Gasteiger partial charge on any atom is 0.472 e. The number of rotatable bonds is 55. The fourth-order valence-corrected chi connectivity index (χ4v) is 8.73. The Morgan fingerprint density at radius 3 is 1.05 bits per heavy atom. The van der Waals surface area contributed by atoms with Crippen LogP contribution in [0.3, 0.4) is 0 Å². The zero-order chi connectivity index (χ0) is 55.5. The molecule has 0 spiro atoms. The van der Waals surface area contributed by atoms with Crippen molar-refractivity contribution in [3.8, 4) is 0 Å². The van der Waals surface area contributed by atoms with Crippen molar-refractivity contribution in [1.82, 2.24) is 0 Å². The second-order valence-corrected chi connectivity index (χ2v) is 21.2. The zero-order valence-corrected chi connectivity index (χ0v) is 49.1. The van der Waals surface area contributed by atoms with Crippen molar-refractivity contribution in [2.24, 2.45) is 0 Å². The van der Waals surface area contributed by atoms with Crippen LogP contribution in [-0.2, 0) is 42.2 Å². The lowest BCUT2D eigenvalue weighted by atomic mass is 10.1. The fourth-order valence-electron chi connectivity index (χ4n) is 7.94. The molecule has 436 valence electrons. The first-order valence-electron chi connectivity index (χ1n) is 30.1. The standard InChI is InChI=1S/C64H109O11P/c1-4-7-10-13-16-19-22-25-28-30-33-35-38-41-44-47-50-53-62(66)71-57-61(75-64(68)55-52-49-46-43-40-37-34-31-29-26-23-20-17-14-11-8-5-2)59-73-76(69,70)72-58-60(56-65)74-63(67)54-51-48-45-42-39-36-32-27-24-21-18-15-12-9-6-3/h7,9-10,12,16-21,25-29,32,60-61,65H,4-6,8,11,13-15,22-24,30-31,33-59H2,1-3H3,(H,69,70)/b10-7-,12-9-,19-16-,20-17-,21-18-,28-25-,29-26-,32-27-. The number of aliphatic hydroxyl groups excluding tert-OH is 1. The van der Waals surface area contributed by atoms with Crippen LogP contribution in [0.2, 0.25) is 0 Å². The van der Waals surface area contributed by atoms with E-state index in [2.05, 4.69) is 118 Å². The van der Waals surface area contributed by atoms with E-state index < -0.39 is 57.8 Å². The lowest BCUT2D eigenvalue weighted by Gasteiger charge is -2.21. The summed E-state index contributed by atoms with van der Waals surface area (Å²) in [5.41, 5.74) is 0. The number of ether oxygens (including phenoxy) is 3. The lowest BCUT2D eigenvalue weighted by molar-refractivity contribution is -0.161. The number of carbonyl (C=O) groups excluding carboxylic acids is 3. The van der Waals surface area contributed by atoms with Gasteiger partial charge in [0.2, 0.25) is 0 Å². The number of allylic oxidation sites excluding steroid dienone is 16. The minimum atomic E-state index is -4.76. The molecule has 0 saturated heterocycles. The highest BCUT2D eigenvalue weighted by Crippen LogP contribution is 2.43. The molecular weight excluding hydrogens is 976 g/mol. The molecule has 0 aliphatic heterocycles. The molecule has 0 bridgehead atoms. The Morgan fingerprint density at radius 2 is 0.684 bits per heavy atom. The third kappa shape index (κ3) is 55.2. The van der Waals surface area contributed by atoms with Crippen molar-refractivity contribution in [3.63, 3.8) is 0 Å². The maximum absolute atomic E-state index is 12.9. The van der Waals surface area contributed by atoms with Gasteiger partial charge in [0, 0.05) is 19.3 Å². The molecule has 0 heterocycles. The zero-order valence-electron chi connectivity index (χ0n) is 48.2. The number of aliphatic hydroxyl groups is 1. The number of phosphoric ester groups is 1. The van der Waals surface area contributed by atoms with E-state index in [0.29, 0.717) is 19.3 Å². The van der Waals surface area contributed by atoms with E-state index in [1.54, 1.807) is 0 Å². The number of unbranched alkanes of at least 4 members (excludes halogenated alkanes) is 22. The van der Waals surface area contributed by atoms with Gasteiger partial charge in [-0.2, -0.15) is 0 Å². The van der Waals surface area contributed by atoms with Crippen LogP contribution < -0.4 is 0 Å². The monoisotopic (exact) mass is 1080 g/mol. The molecule has 0 radical (unpaired) electrons. The summed E-state index contributed by atoms with van der Waals surface area (Å²) in [5.74, 6) is -1.50. The first-order chi connectivity index (χ1) is 37.2. The fraction of sp³-hybridized carbons (Fsp3) is 0.703. The summed E-state index contributed by atoms with van der Waals surface area (Å²) < 4.78 is 39.6. The SMILES string of the molecule is CC/C=C\C/C=C\C/C=C\CCCCCCCCCC(=O)OCC(COP(=O)(O)OCC(CO)OC(=O)CCCCCCC/C=C\C/C=C\C/C=C\CC)OC(=O)CCCCCCCCC/C=C\C/C=C\CCCCC. The van der Waals surface area contributed by atoms with Gasteiger partial charge in [-0.3, -0.25) is 23.4 Å². The highest BCUT2D eigenvalue weighted by atomic mass is 31.2. The first kappa shape index (κ1) is 72.4. The second-order valence-electron chi connectivity index (χ2n) is 19.7. The van der Waals surface area contributed by atoms with Crippen LogP contribution in [-0.4, -0.2) is 66.5 Å². The van der Waals surface area contributed by atoms with Crippen LogP contribution in [0.15, 0.2) is 97.2 Å². The van der Waals surface area contributed by atoms with Gasteiger partial charge in [0.05, 0.1) is 19.8 Å². The summed E-state index contributed by atoms with van der Waals surface area (Å²) in [6, 6.07) is 0. The van der Waals surface area contributed by atoms with Gasteiger partial charge in [0.15, 0.2) is 6.10 Å². The van der Waals surface area contributed by atoms with Gasteiger partial charge in [-0.25, -0.2) is 4.57 Å². The van der Waals surface area contributed by atoms with Crippen molar-refractivity contribution >= 4 is 25.7 Å². The molecule has 0 aromatic rings. The predicted octanol–water partition coefficient (Wildman–Crippen LogP) is 18.0. The minimum absolute atomic E-state index is 0.151. The molecule has 0 aliphatic rings. The number of carbonyl (C=O) groups is 3. The quantitative estimate of drug-likeness (QED) is 0.0197. The lowest BCUT2D eigenvalue weighted by Crippen LogP contribution is -2.30. The molecule has 76 heavy (non-hydrogen) atoms. The van der Waals surface area contributed by atoms with E-state index in [-0.39, 0.29) is 25.9 Å². The van der Waals surface area contributed by atoms with Gasteiger partial charge in [-0.15, -0.1) is 0 Å². The van der Waals surface area contributed by atoms with Gasteiger partial charge in [-0.1, -0.05) is 214 Å². The minimum Gasteiger partial charge on any atom is -0.462 e. The Balaban J connectivity index is 4.76. The van der Waals surface area contributed by atoms with E-state index >= 15 is 0 Å². The largest absolute Gasteiger partial charge is 0.472 e. The van der Waals surface area contributed by atoms with E-state index in [0.717, 1.165) is 141 Å². The Morgan fingerprint density at radius 1 is 0.382 bits per heavy atom. The molecule has 12 heteroatoms. The number of phosphoric acid groups is 1. The smallest absolute Gasteiger partial charge is 0.462 e. The Hall–Kier alpha value is -3.60. The van der Waals surface area contributed by atoms with E-state index in [4.69, 9.17) is 23.3 Å².